The summed E-state index contributed by atoms with van der Waals surface area (Å²) in [5.41, 5.74) is 0.391. The van der Waals surface area contributed by atoms with Crippen molar-refractivity contribution in [3.05, 3.63) is 53.4 Å². The minimum atomic E-state index is -3.65. The third kappa shape index (κ3) is 4.52. The van der Waals surface area contributed by atoms with E-state index in [1.807, 2.05) is 0 Å². The van der Waals surface area contributed by atoms with Gasteiger partial charge in [-0.15, -0.1) is 0 Å². The smallest absolute Gasteiger partial charge is 0.244 e. The van der Waals surface area contributed by atoms with Gasteiger partial charge in [0.05, 0.1) is 24.8 Å². The van der Waals surface area contributed by atoms with Crippen LogP contribution in [0.1, 0.15) is 19.1 Å². The van der Waals surface area contributed by atoms with E-state index in [0.717, 1.165) is 10.6 Å². The number of rotatable bonds is 7. The highest BCUT2D eigenvalue weighted by atomic mass is 35.5. The van der Waals surface area contributed by atoms with E-state index in [1.165, 1.54) is 6.26 Å². The molecular formula is C16H19ClN2O4S. The molecule has 0 saturated heterocycles. The van der Waals surface area contributed by atoms with E-state index in [1.54, 1.807) is 43.3 Å². The number of nitrogens with one attached hydrogen (secondary N) is 1. The van der Waals surface area contributed by atoms with Gasteiger partial charge < -0.3 is 9.73 Å². The molecule has 1 heterocycles. The van der Waals surface area contributed by atoms with Crippen LogP contribution >= 0.6 is 11.6 Å². The first-order valence-corrected chi connectivity index (χ1v) is 9.60. The van der Waals surface area contributed by atoms with Crippen LogP contribution in [0.4, 0.5) is 5.69 Å². The van der Waals surface area contributed by atoms with Crippen molar-refractivity contribution in [2.45, 2.75) is 25.9 Å². The zero-order chi connectivity index (χ0) is 17.7. The molecule has 2 aromatic rings. The lowest BCUT2D eigenvalue weighted by atomic mass is 10.2. The number of sulfonamides is 1. The van der Waals surface area contributed by atoms with Gasteiger partial charge in [0.1, 0.15) is 11.8 Å². The fourth-order valence-corrected chi connectivity index (χ4v) is 3.69. The van der Waals surface area contributed by atoms with E-state index < -0.39 is 22.0 Å². The van der Waals surface area contributed by atoms with E-state index in [9.17, 15) is 13.2 Å². The second kappa shape index (κ2) is 7.72. The molecule has 1 N–H and O–H groups in total. The lowest BCUT2D eigenvalue weighted by molar-refractivity contribution is -0.122. The average molecular weight is 371 g/mol. The zero-order valence-corrected chi connectivity index (χ0v) is 15.0. The monoisotopic (exact) mass is 370 g/mol. The molecule has 0 saturated carbocycles. The first-order chi connectivity index (χ1) is 11.3. The summed E-state index contributed by atoms with van der Waals surface area (Å²) in [7, 11) is -3.65. The predicted octanol–water partition coefficient (Wildman–Crippen LogP) is 2.79. The Balaban J connectivity index is 2.25. The summed E-state index contributed by atoms with van der Waals surface area (Å²) >= 11 is 5.86. The lowest BCUT2D eigenvalue weighted by Crippen LogP contribution is -2.49. The minimum absolute atomic E-state index is 0.195. The number of amides is 1. The third-order valence-electron chi connectivity index (χ3n) is 3.43. The molecule has 1 aromatic heterocycles. The Morgan fingerprint density at radius 3 is 2.46 bits per heavy atom. The Morgan fingerprint density at radius 2 is 1.96 bits per heavy atom. The number of hydrogen-bond acceptors (Lipinski definition) is 4. The van der Waals surface area contributed by atoms with Crippen molar-refractivity contribution in [3.63, 3.8) is 0 Å². The van der Waals surface area contributed by atoms with Gasteiger partial charge in [-0.2, -0.15) is 0 Å². The van der Waals surface area contributed by atoms with Crippen molar-refractivity contribution >= 4 is 33.2 Å². The van der Waals surface area contributed by atoms with Crippen molar-refractivity contribution in [3.8, 4) is 0 Å². The first-order valence-electron chi connectivity index (χ1n) is 7.38. The third-order valence-corrected chi connectivity index (χ3v) is 4.86. The Labute approximate surface area is 146 Å². The van der Waals surface area contributed by atoms with Gasteiger partial charge in [-0.05, 0) is 42.8 Å². The molecule has 8 heteroatoms. The van der Waals surface area contributed by atoms with Crippen LogP contribution in [0.5, 0.6) is 0 Å². The molecule has 0 aliphatic carbocycles. The van der Waals surface area contributed by atoms with Gasteiger partial charge in [0, 0.05) is 5.02 Å². The molecule has 130 valence electrons. The number of carbonyl (C=O) groups excluding carboxylic acids is 1. The van der Waals surface area contributed by atoms with Crippen LogP contribution < -0.4 is 9.62 Å². The van der Waals surface area contributed by atoms with Crippen LogP contribution in [-0.4, -0.2) is 26.6 Å². The number of carbonyl (C=O) groups is 1. The lowest BCUT2D eigenvalue weighted by Gasteiger charge is -2.30. The van der Waals surface area contributed by atoms with Gasteiger partial charge in [-0.1, -0.05) is 18.5 Å². The number of nitrogens with zero attached hydrogens (tertiary/aromatic N) is 1. The van der Waals surface area contributed by atoms with Gasteiger partial charge >= 0.3 is 0 Å². The molecule has 2 rings (SSSR count). The van der Waals surface area contributed by atoms with E-state index >= 15 is 0 Å². The summed E-state index contributed by atoms with van der Waals surface area (Å²) in [4.78, 5) is 12.5. The summed E-state index contributed by atoms with van der Waals surface area (Å²) in [5.74, 6) is 0.199. The Kier molecular flexibility index (Phi) is 5.90. The van der Waals surface area contributed by atoms with Crippen molar-refractivity contribution in [2.75, 3.05) is 10.6 Å². The van der Waals surface area contributed by atoms with Gasteiger partial charge in [0.25, 0.3) is 0 Å². The Bertz CT molecular complexity index is 773. The largest absolute Gasteiger partial charge is 0.467 e. The highest BCUT2D eigenvalue weighted by molar-refractivity contribution is 7.92. The molecule has 1 unspecified atom stereocenters. The standard InChI is InChI=1S/C16H19ClN2O4S/c1-3-15(16(20)18-11-14-5-4-10-23-14)19(24(2,21)22)13-8-6-12(17)7-9-13/h4-10,15H,3,11H2,1-2H3,(H,18,20). The average Bonchev–Trinajstić information content (AvgIpc) is 3.03. The highest BCUT2D eigenvalue weighted by Gasteiger charge is 2.31. The molecule has 1 aromatic carbocycles. The maximum absolute atomic E-state index is 12.5. The van der Waals surface area contributed by atoms with Crippen molar-refractivity contribution in [2.24, 2.45) is 0 Å². The zero-order valence-electron chi connectivity index (χ0n) is 13.4. The molecule has 6 nitrogen and oxygen atoms in total. The molecule has 1 amide bonds. The van der Waals surface area contributed by atoms with Crippen LogP contribution in [0.2, 0.25) is 5.02 Å². The molecule has 0 aliphatic heterocycles. The van der Waals surface area contributed by atoms with Crippen LogP contribution in [0.15, 0.2) is 47.1 Å². The van der Waals surface area contributed by atoms with Crippen LogP contribution in [0.25, 0.3) is 0 Å². The van der Waals surface area contributed by atoms with E-state index in [2.05, 4.69) is 5.32 Å². The van der Waals surface area contributed by atoms with Crippen LogP contribution in [0.3, 0.4) is 0 Å². The minimum Gasteiger partial charge on any atom is -0.467 e. The summed E-state index contributed by atoms with van der Waals surface area (Å²) < 4.78 is 30.8. The summed E-state index contributed by atoms with van der Waals surface area (Å²) in [6.45, 7) is 1.95. The molecule has 0 fully saturated rings. The molecule has 0 radical (unpaired) electrons. The van der Waals surface area contributed by atoms with E-state index in [-0.39, 0.29) is 6.54 Å². The number of hydrogen-bond donors (Lipinski definition) is 1. The second-order valence-corrected chi connectivity index (χ2v) is 7.55. The van der Waals surface area contributed by atoms with Crippen LogP contribution in [-0.2, 0) is 21.4 Å². The SMILES string of the molecule is CCC(C(=O)NCc1ccco1)N(c1ccc(Cl)cc1)S(C)(=O)=O. The van der Waals surface area contributed by atoms with Crippen LogP contribution in [0, 0.1) is 0 Å². The van der Waals surface area contributed by atoms with Gasteiger partial charge in [-0.3, -0.25) is 9.10 Å². The maximum atomic E-state index is 12.5. The highest BCUT2D eigenvalue weighted by Crippen LogP contribution is 2.24. The fourth-order valence-electron chi connectivity index (χ4n) is 2.35. The fraction of sp³-hybridized carbons (Fsp3) is 0.312. The van der Waals surface area contributed by atoms with Gasteiger partial charge in [0.2, 0.25) is 15.9 Å². The van der Waals surface area contributed by atoms with Gasteiger partial charge in [0.15, 0.2) is 0 Å². The second-order valence-electron chi connectivity index (χ2n) is 5.26. The number of halogens is 1. The molecule has 0 bridgehead atoms. The Morgan fingerprint density at radius 1 is 1.29 bits per heavy atom. The number of benzene rings is 1. The molecule has 1 atom stereocenters. The molecule has 0 aliphatic rings. The first kappa shape index (κ1) is 18.4. The predicted molar refractivity (Wildman–Crippen MR) is 93.4 cm³/mol. The molecule has 0 spiro atoms. The number of furan rings is 1. The summed E-state index contributed by atoms with van der Waals surface area (Å²) in [5, 5.41) is 3.19. The Hall–Kier alpha value is -1.99. The molecule has 24 heavy (non-hydrogen) atoms. The van der Waals surface area contributed by atoms with Gasteiger partial charge in [-0.25, -0.2) is 8.42 Å². The molecular weight excluding hydrogens is 352 g/mol. The summed E-state index contributed by atoms with van der Waals surface area (Å²) in [6.07, 6.45) is 2.90. The van der Waals surface area contributed by atoms with E-state index in [4.69, 9.17) is 16.0 Å². The summed E-state index contributed by atoms with van der Waals surface area (Å²) in [6, 6.07) is 8.91. The topological polar surface area (TPSA) is 79.6 Å². The van der Waals surface area contributed by atoms with Crippen molar-refractivity contribution < 1.29 is 17.6 Å². The quantitative estimate of drug-likeness (QED) is 0.812. The number of anilines is 1. The van der Waals surface area contributed by atoms with Crippen molar-refractivity contribution in [1.82, 2.24) is 5.32 Å². The van der Waals surface area contributed by atoms with E-state index in [0.29, 0.717) is 22.9 Å². The van der Waals surface area contributed by atoms with Crippen molar-refractivity contribution in [1.29, 1.82) is 0 Å². The maximum Gasteiger partial charge on any atom is 0.244 e. The normalized spacial score (nSPS) is 12.6.